The standard InChI is InChI=1S/C21H18N2O6/c1-11-5-6-15-14(9-11)18(24)16-17(12-3-2-4-13(10-12)23(26)27)22-21(19(16)29-15)7-8-28-20(21)25/h2-6,9-10,16-17,19,22H,7-8H2,1H3/t16-,17+,19+,21+/m1/s1. The van der Waals surface area contributed by atoms with Gasteiger partial charge in [-0.2, -0.15) is 0 Å². The molecule has 8 heteroatoms. The first-order valence-corrected chi connectivity index (χ1v) is 9.41. The summed E-state index contributed by atoms with van der Waals surface area (Å²) in [4.78, 5) is 36.9. The SMILES string of the molecule is Cc1ccc2c(c1)C(=O)[C@H]1[C@H](c3cccc([N+](=O)[O-])c3)N[C@@]3(CCOC3=O)[C@H]1O2. The maximum absolute atomic E-state index is 13.5. The quantitative estimate of drug-likeness (QED) is 0.474. The predicted molar refractivity (Wildman–Crippen MR) is 101 cm³/mol. The van der Waals surface area contributed by atoms with Gasteiger partial charge in [0.2, 0.25) is 0 Å². The second-order valence-electron chi connectivity index (χ2n) is 7.76. The number of rotatable bonds is 2. The third kappa shape index (κ3) is 2.49. The normalized spacial score (nSPS) is 29.9. The van der Waals surface area contributed by atoms with Gasteiger partial charge in [0.15, 0.2) is 11.3 Å². The Morgan fingerprint density at radius 1 is 1.21 bits per heavy atom. The fourth-order valence-electron chi connectivity index (χ4n) is 4.70. The van der Waals surface area contributed by atoms with E-state index < -0.39 is 34.5 Å². The van der Waals surface area contributed by atoms with Crippen molar-refractivity contribution in [3.63, 3.8) is 0 Å². The molecule has 0 amide bonds. The zero-order chi connectivity index (χ0) is 20.3. The summed E-state index contributed by atoms with van der Waals surface area (Å²) >= 11 is 0. The lowest BCUT2D eigenvalue weighted by Crippen LogP contribution is -2.56. The summed E-state index contributed by atoms with van der Waals surface area (Å²) in [5, 5.41) is 14.5. The van der Waals surface area contributed by atoms with Gasteiger partial charge >= 0.3 is 5.97 Å². The van der Waals surface area contributed by atoms with Gasteiger partial charge in [0.25, 0.3) is 5.69 Å². The number of fused-ring (bicyclic) bond motifs is 3. The Kier molecular flexibility index (Phi) is 3.76. The molecule has 1 spiro atoms. The number of carbonyl (C=O) groups excluding carboxylic acids is 2. The van der Waals surface area contributed by atoms with E-state index in [-0.39, 0.29) is 18.1 Å². The smallest absolute Gasteiger partial charge is 0.330 e. The van der Waals surface area contributed by atoms with Gasteiger partial charge in [-0.3, -0.25) is 20.2 Å². The van der Waals surface area contributed by atoms with E-state index in [1.54, 1.807) is 24.3 Å². The van der Waals surface area contributed by atoms with Crippen molar-refractivity contribution in [3.05, 3.63) is 69.3 Å². The number of carbonyl (C=O) groups is 2. The second-order valence-corrected chi connectivity index (χ2v) is 7.76. The van der Waals surface area contributed by atoms with Crippen molar-refractivity contribution in [1.29, 1.82) is 0 Å². The van der Waals surface area contributed by atoms with E-state index in [4.69, 9.17) is 9.47 Å². The number of nitro benzene ring substituents is 1. The molecule has 0 radical (unpaired) electrons. The number of ether oxygens (including phenoxy) is 2. The van der Waals surface area contributed by atoms with Crippen LogP contribution in [0.5, 0.6) is 5.75 Å². The van der Waals surface area contributed by atoms with E-state index >= 15 is 0 Å². The summed E-state index contributed by atoms with van der Waals surface area (Å²) in [7, 11) is 0. The molecule has 1 N–H and O–H groups in total. The first-order chi connectivity index (χ1) is 13.9. The maximum Gasteiger partial charge on any atom is 0.330 e. The number of Topliss-reactive ketones (excluding diaryl/α,β-unsaturated/α-hetero) is 1. The van der Waals surface area contributed by atoms with Crippen molar-refractivity contribution in [2.45, 2.75) is 31.0 Å². The van der Waals surface area contributed by atoms with E-state index in [0.717, 1.165) is 5.56 Å². The van der Waals surface area contributed by atoms with Crippen molar-refractivity contribution in [3.8, 4) is 5.75 Å². The molecule has 2 aromatic rings. The number of ketones is 1. The van der Waals surface area contributed by atoms with E-state index in [0.29, 0.717) is 23.3 Å². The highest BCUT2D eigenvalue weighted by molar-refractivity contribution is 6.04. The van der Waals surface area contributed by atoms with Gasteiger partial charge in [-0.1, -0.05) is 23.8 Å². The number of cyclic esters (lactones) is 1. The van der Waals surface area contributed by atoms with Gasteiger partial charge in [-0.15, -0.1) is 0 Å². The van der Waals surface area contributed by atoms with Crippen LogP contribution in [-0.2, 0) is 9.53 Å². The third-order valence-electron chi connectivity index (χ3n) is 6.08. The fraction of sp³-hybridized carbons (Fsp3) is 0.333. The summed E-state index contributed by atoms with van der Waals surface area (Å²) in [6.45, 7) is 2.12. The molecular formula is C21H18N2O6. The number of esters is 1. The molecular weight excluding hydrogens is 376 g/mol. The number of benzene rings is 2. The van der Waals surface area contributed by atoms with Crippen LogP contribution in [0.2, 0.25) is 0 Å². The molecule has 8 nitrogen and oxygen atoms in total. The summed E-state index contributed by atoms with van der Waals surface area (Å²) < 4.78 is 11.4. The van der Waals surface area contributed by atoms with Crippen LogP contribution in [0.4, 0.5) is 5.69 Å². The summed E-state index contributed by atoms with van der Waals surface area (Å²) in [5.41, 5.74) is 0.729. The minimum atomic E-state index is -1.15. The van der Waals surface area contributed by atoms with Crippen molar-refractivity contribution in [2.24, 2.45) is 5.92 Å². The molecule has 29 heavy (non-hydrogen) atoms. The van der Waals surface area contributed by atoms with Gasteiger partial charge in [0.05, 0.1) is 23.0 Å². The molecule has 3 aliphatic heterocycles. The van der Waals surface area contributed by atoms with Gasteiger partial charge in [0.1, 0.15) is 11.9 Å². The third-order valence-corrected chi connectivity index (χ3v) is 6.08. The Hall–Kier alpha value is -3.26. The van der Waals surface area contributed by atoms with Crippen LogP contribution in [0.25, 0.3) is 0 Å². The van der Waals surface area contributed by atoms with Crippen LogP contribution >= 0.6 is 0 Å². The van der Waals surface area contributed by atoms with Gasteiger partial charge in [-0.05, 0) is 24.6 Å². The van der Waals surface area contributed by atoms with Gasteiger partial charge < -0.3 is 9.47 Å². The van der Waals surface area contributed by atoms with Crippen LogP contribution in [-0.4, -0.2) is 34.9 Å². The van der Waals surface area contributed by atoms with Crippen LogP contribution in [0, 0.1) is 23.0 Å². The van der Waals surface area contributed by atoms with Crippen molar-refractivity contribution >= 4 is 17.4 Å². The molecule has 0 aromatic heterocycles. The molecule has 2 saturated heterocycles. The zero-order valence-electron chi connectivity index (χ0n) is 15.6. The van der Waals surface area contributed by atoms with E-state index in [2.05, 4.69) is 5.32 Å². The molecule has 2 fully saturated rings. The molecule has 3 heterocycles. The number of hydrogen-bond acceptors (Lipinski definition) is 7. The highest BCUT2D eigenvalue weighted by Gasteiger charge is 2.65. The highest BCUT2D eigenvalue weighted by atomic mass is 16.6. The van der Waals surface area contributed by atoms with Crippen LogP contribution in [0.1, 0.15) is 33.9 Å². The second kappa shape index (κ2) is 6.12. The van der Waals surface area contributed by atoms with Crippen LogP contribution in [0.3, 0.4) is 0 Å². The lowest BCUT2D eigenvalue weighted by atomic mass is 9.78. The number of nitrogens with zero attached hydrogens (tertiary/aromatic N) is 1. The Balaban J connectivity index is 1.66. The number of hydrogen-bond donors (Lipinski definition) is 1. The molecule has 0 aliphatic carbocycles. The summed E-state index contributed by atoms with van der Waals surface area (Å²) in [6.07, 6.45) is -0.378. The minimum absolute atomic E-state index is 0.0729. The fourth-order valence-corrected chi connectivity index (χ4v) is 4.70. The molecule has 5 rings (SSSR count). The first kappa shape index (κ1) is 17.8. The zero-order valence-corrected chi connectivity index (χ0v) is 15.6. The summed E-state index contributed by atoms with van der Waals surface area (Å²) in [6, 6.07) is 10.9. The topological polar surface area (TPSA) is 108 Å². The van der Waals surface area contributed by atoms with Crippen LogP contribution < -0.4 is 10.1 Å². The Labute approximate surface area is 166 Å². The maximum atomic E-state index is 13.5. The van der Waals surface area contributed by atoms with Gasteiger partial charge in [0, 0.05) is 24.6 Å². The molecule has 3 aliphatic rings. The van der Waals surface area contributed by atoms with Crippen molar-refractivity contribution in [2.75, 3.05) is 6.61 Å². The highest BCUT2D eigenvalue weighted by Crippen LogP contribution is 2.49. The van der Waals surface area contributed by atoms with Crippen molar-refractivity contribution < 1.29 is 24.0 Å². The summed E-state index contributed by atoms with van der Waals surface area (Å²) in [5.74, 6) is -0.844. The molecule has 4 atom stereocenters. The molecule has 148 valence electrons. The molecule has 0 unspecified atom stereocenters. The largest absolute Gasteiger partial charge is 0.486 e. The lowest BCUT2D eigenvalue weighted by Gasteiger charge is -2.34. The molecule has 2 aromatic carbocycles. The van der Waals surface area contributed by atoms with Gasteiger partial charge in [-0.25, -0.2) is 4.79 Å². The number of nitro groups is 1. The van der Waals surface area contributed by atoms with E-state index in [1.165, 1.54) is 12.1 Å². The van der Waals surface area contributed by atoms with E-state index in [1.807, 2.05) is 13.0 Å². The average molecular weight is 394 g/mol. The average Bonchev–Trinajstić information content (AvgIpc) is 3.24. The van der Waals surface area contributed by atoms with Crippen LogP contribution in [0.15, 0.2) is 42.5 Å². The Bertz CT molecular complexity index is 1070. The minimum Gasteiger partial charge on any atom is -0.486 e. The monoisotopic (exact) mass is 394 g/mol. The molecule has 0 saturated carbocycles. The Morgan fingerprint density at radius 3 is 2.76 bits per heavy atom. The first-order valence-electron chi connectivity index (χ1n) is 9.41. The molecule has 0 bridgehead atoms. The predicted octanol–water partition coefficient (Wildman–Crippen LogP) is 2.49. The number of aryl methyl sites for hydroxylation is 1. The van der Waals surface area contributed by atoms with Crippen molar-refractivity contribution in [1.82, 2.24) is 5.32 Å². The number of nitrogens with one attached hydrogen (secondary N) is 1. The lowest BCUT2D eigenvalue weighted by molar-refractivity contribution is -0.384. The number of non-ortho nitro benzene ring substituents is 1. The van der Waals surface area contributed by atoms with E-state index in [9.17, 15) is 19.7 Å². The Morgan fingerprint density at radius 2 is 2.03 bits per heavy atom.